The first-order valence-electron chi connectivity index (χ1n) is 2.62. The van der Waals surface area contributed by atoms with Gasteiger partial charge in [-0.05, 0) is 0 Å². The lowest BCUT2D eigenvalue weighted by atomic mass is 10.4. The molecule has 2 nitrogen and oxygen atoms in total. The van der Waals surface area contributed by atoms with Gasteiger partial charge >= 0.3 is 0 Å². The Kier molecular flexibility index (Phi) is 2.92. The van der Waals surface area contributed by atoms with E-state index in [-0.39, 0.29) is 11.5 Å². The van der Waals surface area contributed by atoms with Crippen LogP contribution < -0.4 is 0 Å². The summed E-state index contributed by atoms with van der Waals surface area (Å²) >= 11 is 13.1. The average Bonchev–Trinajstić information content (AvgIpc) is 1.66. The molecule has 0 saturated carbocycles. The minimum Gasteiger partial charge on any atom is -0.229 e. The van der Waals surface area contributed by atoms with E-state index in [4.69, 9.17) is 0 Å². The topological polar surface area (TPSA) is 34.1 Å². The van der Waals surface area contributed by atoms with Gasteiger partial charge in [0, 0.05) is 0 Å². The van der Waals surface area contributed by atoms with Crippen LogP contribution in [-0.4, -0.2) is 26.4 Å². The quantitative estimate of drug-likeness (QED) is 0.548. The number of hydrogen-bond acceptors (Lipinski definition) is 2. The highest BCUT2D eigenvalue weighted by molar-refractivity contribution is 9.30. The monoisotopic (exact) mass is 432 g/mol. The molecule has 1 rings (SSSR count). The Morgan fingerprint density at radius 2 is 1.18 bits per heavy atom. The molecule has 0 bridgehead atoms. The Balaban J connectivity index is 3.08. The van der Waals surface area contributed by atoms with Crippen molar-refractivity contribution in [2.45, 2.75) is 6.47 Å². The molecular weight excluding hydrogens is 432 g/mol. The molecule has 0 aromatic rings. The van der Waals surface area contributed by atoms with Gasteiger partial charge in [-0.1, -0.05) is 63.7 Å². The van der Waals surface area contributed by atoms with Crippen molar-refractivity contribution in [1.29, 1.82) is 0 Å². The van der Waals surface area contributed by atoms with Gasteiger partial charge in [-0.25, -0.2) is 8.42 Å². The van der Waals surface area contributed by atoms with Crippen molar-refractivity contribution >= 4 is 73.6 Å². The summed E-state index contributed by atoms with van der Waals surface area (Å²) in [6, 6.07) is 0. The molecule has 1 aliphatic rings. The highest BCUT2D eigenvalue weighted by Gasteiger charge is 2.56. The number of sulfone groups is 1. The van der Waals surface area contributed by atoms with Crippen LogP contribution in [0.2, 0.25) is 0 Å². The molecule has 7 heteroatoms. The maximum atomic E-state index is 11.1. The lowest BCUT2D eigenvalue weighted by Crippen LogP contribution is -2.31. The van der Waals surface area contributed by atoms with E-state index in [1.54, 1.807) is 0 Å². The van der Waals surface area contributed by atoms with Gasteiger partial charge in [0.25, 0.3) is 0 Å². The summed E-state index contributed by atoms with van der Waals surface area (Å²) in [5.41, 5.74) is 0. The van der Waals surface area contributed by atoms with Gasteiger partial charge in [-0.2, -0.15) is 0 Å². The minimum atomic E-state index is -2.95. The Labute approximate surface area is 98.9 Å². The molecule has 0 spiro atoms. The van der Waals surface area contributed by atoms with E-state index in [0.717, 1.165) is 0 Å². The number of hydrogen-bond donors (Lipinski definition) is 0. The van der Waals surface area contributed by atoms with Gasteiger partial charge in [0.15, 0.2) is 9.84 Å². The van der Waals surface area contributed by atoms with Crippen LogP contribution >= 0.6 is 63.7 Å². The van der Waals surface area contributed by atoms with Crippen molar-refractivity contribution in [2.24, 2.45) is 0 Å². The van der Waals surface area contributed by atoms with Crippen LogP contribution in [0.15, 0.2) is 0 Å². The summed E-state index contributed by atoms with van der Waals surface area (Å²) in [5, 5.41) is 0. The lowest BCUT2D eigenvalue weighted by molar-refractivity contribution is 0.602. The minimum absolute atomic E-state index is 0.0799. The molecule has 1 saturated heterocycles. The first kappa shape index (κ1) is 10.9. The molecule has 66 valence electrons. The Bertz CT molecular complexity index is 246. The maximum absolute atomic E-state index is 11.1. The molecule has 0 atom stereocenters. The highest BCUT2D eigenvalue weighted by atomic mass is 79.9. The summed E-state index contributed by atoms with van der Waals surface area (Å²) in [6.45, 7) is 0. The van der Waals surface area contributed by atoms with Gasteiger partial charge in [0.1, 0.15) is 6.47 Å². The largest absolute Gasteiger partial charge is 0.229 e. The fourth-order valence-electron chi connectivity index (χ4n) is 0.815. The molecular formula is C4H4Br4O2S. The highest BCUT2D eigenvalue weighted by Crippen LogP contribution is 2.54. The van der Waals surface area contributed by atoms with Crippen LogP contribution in [-0.2, 0) is 9.84 Å². The predicted octanol–water partition coefficient (Wildman–Crippen LogP) is 2.39. The van der Waals surface area contributed by atoms with Crippen LogP contribution in [0, 0.1) is 0 Å². The van der Waals surface area contributed by atoms with Gasteiger partial charge in [-0.15, -0.1) is 0 Å². The van der Waals surface area contributed by atoms with E-state index in [0.29, 0.717) is 0 Å². The van der Waals surface area contributed by atoms with Crippen molar-refractivity contribution in [3.63, 3.8) is 0 Å². The summed E-state index contributed by atoms with van der Waals surface area (Å²) in [5.74, 6) is 0.160. The van der Waals surface area contributed by atoms with Crippen molar-refractivity contribution < 1.29 is 8.42 Å². The maximum Gasteiger partial charge on any atom is 0.154 e. The van der Waals surface area contributed by atoms with E-state index in [2.05, 4.69) is 63.7 Å². The third-order valence-electron chi connectivity index (χ3n) is 1.34. The zero-order valence-corrected chi connectivity index (χ0v) is 12.3. The summed E-state index contributed by atoms with van der Waals surface area (Å²) in [6.07, 6.45) is 0. The van der Waals surface area contributed by atoms with Crippen LogP contribution in [0.3, 0.4) is 0 Å². The Hall–Kier alpha value is 1.87. The molecule has 0 aromatic carbocycles. The Morgan fingerprint density at radius 1 is 0.909 bits per heavy atom. The second-order valence-corrected chi connectivity index (χ2v) is 12.0. The molecule has 0 radical (unpaired) electrons. The molecule has 1 aliphatic heterocycles. The van der Waals surface area contributed by atoms with Gasteiger partial charge in [0.05, 0.1) is 11.5 Å². The van der Waals surface area contributed by atoms with Crippen LogP contribution in [0.25, 0.3) is 0 Å². The van der Waals surface area contributed by atoms with Crippen molar-refractivity contribution in [3.8, 4) is 0 Å². The van der Waals surface area contributed by atoms with E-state index in [1.807, 2.05) is 0 Å². The number of halogens is 4. The molecule has 0 amide bonds. The first-order valence-corrected chi connectivity index (χ1v) is 7.62. The molecule has 0 aliphatic carbocycles. The molecule has 1 heterocycles. The SMILES string of the molecule is O=S1(=O)CC(Br)(Br)C(Br)(Br)C1. The third kappa shape index (κ3) is 2.21. The zero-order valence-electron chi connectivity index (χ0n) is 5.15. The zero-order chi connectivity index (χ0) is 8.91. The molecule has 0 N–H and O–H groups in total. The van der Waals surface area contributed by atoms with Crippen LogP contribution in [0.4, 0.5) is 0 Å². The van der Waals surface area contributed by atoms with Crippen molar-refractivity contribution in [2.75, 3.05) is 11.5 Å². The molecule has 0 unspecified atom stereocenters. The normalized spacial score (nSPS) is 32.0. The number of alkyl halides is 4. The van der Waals surface area contributed by atoms with Crippen LogP contribution in [0.1, 0.15) is 0 Å². The van der Waals surface area contributed by atoms with E-state index in [1.165, 1.54) is 0 Å². The lowest BCUT2D eigenvalue weighted by Gasteiger charge is -2.23. The second kappa shape index (κ2) is 2.93. The first-order chi connectivity index (χ1) is 4.66. The smallest absolute Gasteiger partial charge is 0.154 e. The van der Waals surface area contributed by atoms with E-state index in [9.17, 15) is 8.42 Å². The van der Waals surface area contributed by atoms with Crippen molar-refractivity contribution in [3.05, 3.63) is 0 Å². The average molecular weight is 436 g/mol. The predicted molar refractivity (Wildman–Crippen MR) is 59.8 cm³/mol. The fourth-order valence-corrected chi connectivity index (χ4v) is 8.00. The van der Waals surface area contributed by atoms with E-state index < -0.39 is 16.3 Å². The summed E-state index contributed by atoms with van der Waals surface area (Å²) in [7, 11) is -2.95. The van der Waals surface area contributed by atoms with Gasteiger partial charge in [0.2, 0.25) is 0 Å². The van der Waals surface area contributed by atoms with Gasteiger partial charge < -0.3 is 0 Å². The standard InChI is InChI=1S/C4H4Br4O2S/c5-3(6)1-11(9,10)2-4(3,7)8/h1-2H2. The van der Waals surface area contributed by atoms with Gasteiger partial charge in [-0.3, -0.25) is 0 Å². The number of rotatable bonds is 0. The third-order valence-corrected chi connectivity index (χ3v) is 10.5. The molecule has 11 heavy (non-hydrogen) atoms. The summed E-state index contributed by atoms with van der Waals surface area (Å²) < 4.78 is 21.1. The van der Waals surface area contributed by atoms with Crippen molar-refractivity contribution in [1.82, 2.24) is 0 Å². The molecule has 0 aromatic heterocycles. The summed E-state index contributed by atoms with van der Waals surface area (Å²) in [4.78, 5) is 0. The van der Waals surface area contributed by atoms with E-state index >= 15 is 0 Å². The van der Waals surface area contributed by atoms with Crippen LogP contribution in [0.5, 0.6) is 0 Å². The Morgan fingerprint density at radius 3 is 1.27 bits per heavy atom. The fraction of sp³-hybridized carbons (Fsp3) is 1.00. The second-order valence-electron chi connectivity index (χ2n) is 2.44. The molecule has 1 fully saturated rings.